The maximum atomic E-state index is 11.4. The number of likely N-dealkylation sites (tertiary alicyclic amines) is 1. The number of hydrogen-bond acceptors (Lipinski definition) is 3. The molecule has 0 radical (unpaired) electrons. The number of nitrogens with zero attached hydrogens (tertiary/aromatic N) is 2. The molecule has 1 N–H and O–H groups in total. The number of rotatable bonds is 2. The molecule has 1 heterocycles. The topological polar surface area (TPSA) is 53.9 Å². The number of carbonyl (C=O) groups is 1. The van der Waals surface area contributed by atoms with Crippen molar-refractivity contribution in [2.75, 3.05) is 33.8 Å². The van der Waals surface area contributed by atoms with Crippen LogP contribution in [0.15, 0.2) is 4.99 Å². The number of guanidine groups is 1. The van der Waals surface area contributed by atoms with E-state index in [1.165, 1.54) is 7.11 Å². The minimum Gasteiger partial charge on any atom is -0.469 e. The number of methoxy groups -OCH3 is 1. The molecule has 0 bridgehead atoms. The second-order valence-corrected chi connectivity index (χ2v) is 3.86. The van der Waals surface area contributed by atoms with Gasteiger partial charge in [-0.1, -0.05) is 0 Å². The molecule has 1 aliphatic heterocycles. The van der Waals surface area contributed by atoms with Gasteiger partial charge in [0.25, 0.3) is 0 Å². The SMILES string of the molecule is CCNC(=NC)N1CCC(C(=O)OC)CC1. The van der Waals surface area contributed by atoms with Gasteiger partial charge in [0.15, 0.2) is 5.96 Å². The zero-order valence-electron chi connectivity index (χ0n) is 10.3. The van der Waals surface area contributed by atoms with E-state index in [9.17, 15) is 4.79 Å². The predicted octanol–water partition coefficient (Wildman–Crippen LogP) is 0.467. The van der Waals surface area contributed by atoms with Gasteiger partial charge in [0.1, 0.15) is 0 Å². The highest BCUT2D eigenvalue weighted by molar-refractivity contribution is 5.80. The van der Waals surface area contributed by atoms with E-state index >= 15 is 0 Å². The summed E-state index contributed by atoms with van der Waals surface area (Å²) in [5.74, 6) is 0.893. The molecule has 16 heavy (non-hydrogen) atoms. The van der Waals surface area contributed by atoms with E-state index in [-0.39, 0.29) is 11.9 Å². The fourth-order valence-corrected chi connectivity index (χ4v) is 1.98. The van der Waals surface area contributed by atoms with Gasteiger partial charge in [-0.3, -0.25) is 9.79 Å². The first-order chi connectivity index (χ1) is 7.72. The van der Waals surface area contributed by atoms with Crippen LogP contribution in [0.25, 0.3) is 0 Å². The van der Waals surface area contributed by atoms with Crippen molar-refractivity contribution in [3.63, 3.8) is 0 Å². The summed E-state index contributed by atoms with van der Waals surface area (Å²) < 4.78 is 4.76. The fourth-order valence-electron chi connectivity index (χ4n) is 1.98. The van der Waals surface area contributed by atoms with Gasteiger partial charge in [0.2, 0.25) is 0 Å². The minimum atomic E-state index is -0.0851. The monoisotopic (exact) mass is 227 g/mol. The molecule has 0 saturated carbocycles. The zero-order chi connectivity index (χ0) is 12.0. The molecule has 0 amide bonds. The maximum absolute atomic E-state index is 11.4. The Balaban J connectivity index is 2.45. The van der Waals surface area contributed by atoms with Gasteiger partial charge in [0, 0.05) is 26.7 Å². The Labute approximate surface area is 96.9 Å². The van der Waals surface area contributed by atoms with Crippen LogP contribution in [0.1, 0.15) is 19.8 Å². The van der Waals surface area contributed by atoms with Crippen LogP contribution in [0.3, 0.4) is 0 Å². The number of esters is 1. The molecule has 0 spiro atoms. The highest BCUT2D eigenvalue weighted by Crippen LogP contribution is 2.18. The average molecular weight is 227 g/mol. The van der Waals surface area contributed by atoms with Crippen LogP contribution in [0.4, 0.5) is 0 Å². The summed E-state index contributed by atoms with van der Waals surface area (Å²) in [6, 6.07) is 0. The second kappa shape index (κ2) is 6.35. The van der Waals surface area contributed by atoms with Gasteiger partial charge < -0.3 is 15.0 Å². The van der Waals surface area contributed by atoms with E-state index in [1.807, 2.05) is 6.92 Å². The van der Waals surface area contributed by atoms with Gasteiger partial charge in [-0.15, -0.1) is 0 Å². The Bertz CT molecular complexity index is 258. The smallest absolute Gasteiger partial charge is 0.308 e. The van der Waals surface area contributed by atoms with Gasteiger partial charge in [-0.25, -0.2) is 0 Å². The third-order valence-electron chi connectivity index (χ3n) is 2.88. The first kappa shape index (κ1) is 12.8. The molecular weight excluding hydrogens is 206 g/mol. The number of nitrogens with one attached hydrogen (secondary N) is 1. The molecule has 0 aromatic heterocycles. The lowest BCUT2D eigenvalue weighted by molar-refractivity contribution is -0.146. The van der Waals surface area contributed by atoms with Crippen molar-refractivity contribution in [3.05, 3.63) is 0 Å². The number of hydrogen-bond donors (Lipinski definition) is 1. The first-order valence-corrected chi connectivity index (χ1v) is 5.76. The maximum Gasteiger partial charge on any atom is 0.308 e. The Hall–Kier alpha value is -1.26. The average Bonchev–Trinajstić information content (AvgIpc) is 2.35. The van der Waals surface area contributed by atoms with Crippen LogP contribution in [-0.2, 0) is 9.53 Å². The second-order valence-electron chi connectivity index (χ2n) is 3.86. The largest absolute Gasteiger partial charge is 0.469 e. The molecule has 0 aromatic rings. The van der Waals surface area contributed by atoms with Crippen molar-refractivity contribution in [1.29, 1.82) is 0 Å². The van der Waals surface area contributed by atoms with E-state index < -0.39 is 0 Å². The molecule has 1 aliphatic rings. The third-order valence-corrected chi connectivity index (χ3v) is 2.88. The Morgan fingerprint density at radius 1 is 1.50 bits per heavy atom. The summed E-state index contributed by atoms with van der Waals surface area (Å²) in [6.45, 7) is 4.63. The number of piperidine rings is 1. The Morgan fingerprint density at radius 3 is 2.56 bits per heavy atom. The molecular formula is C11H21N3O2. The summed E-state index contributed by atoms with van der Waals surface area (Å²) in [5, 5.41) is 3.22. The van der Waals surface area contributed by atoms with Crippen LogP contribution in [-0.4, -0.2) is 50.6 Å². The third kappa shape index (κ3) is 3.12. The quantitative estimate of drug-likeness (QED) is 0.423. The summed E-state index contributed by atoms with van der Waals surface area (Å²) in [5.41, 5.74) is 0. The summed E-state index contributed by atoms with van der Waals surface area (Å²) in [4.78, 5) is 17.7. The summed E-state index contributed by atoms with van der Waals surface area (Å²) in [6.07, 6.45) is 1.69. The highest BCUT2D eigenvalue weighted by Gasteiger charge is 2.26. The molecule has 1 rings (SSSR count). The van der Waals surface area contributed by atoms with Crippen LogP contribution in [0.2, 0.25) is 0 Å². The van der Waals surface area contributed by atoms with Crippen LogP contribution in [0.5, 0.6) is 0 Å². The van der Waals surface area contributed by atoms with E-state index in [0.29, 0.717) is 0 Å². The molecule has 0 unspecified atom stereocenters. The lowest BCUT2D eigenvalue weighted by Crippen LogP contribution is -2.46. The van der Waals surface area contributed by atoms with Gasteiger partial charge in [-0.05, 0) is 19.8 Å². The van der Waals surface area contributed by atoms with E-state index in [1.54, 1.807) is 7.05 Å². The zero-order valence-corrected chi connectivity index (χ0v) is 10.3. The van der Waals surface area contributed by atoms with Crippen molar-refractivity contribution in [3.8, 4) is 0 Å². The Morgan fingerprint density at radius 2 is 2.12 bits per heavy atom. The lowest BCUT2D eigenvalue weighted by Gasteiger charge is -2.32. The van der Waals surface area contributed by atoms with Crippen molar-refractivity contribution >= 4 is 11.9 Å². The first-order valence-electron chi connectivity index (χ1n) is 5.76. The van der Waals surface area contributed by atoms with Crippen molar-refractivity contribution in [2.45, 2.75) is 19.8 Å². The lowest BCUT2D eigenvalue weighted by atomic mass is 9.97. The molecule has 0 aromatic carbocycles. The van der Waals surface area contributed by atoms with Crippen molar-refractivity contribution in [2.24, 2.45) is 10.9 Å². The van der Waals surface area contributed by atoms with Crippen LogP contribution >= 0.6 is 0 Å². The van der Waals surface area contributed by atoms with Crippen LogP contribution in [0, 0.1) is 5.92 Å². The fraction of sp³-hybridized carbons (Fsp3) is 0.818. The number of carbonyl (C=O) groups excluding carboxylic acids is 1. The highest BCUT2D eigenvalue weighted by atomic mass is 16.5. The standard InChI is InChI=1S/C11H21N3O2/c1-4-13-11(12-2)14-7-5-9(6-8-14)10(15)16-3/h9H,4-8H2,1-3H3,(H,12,13). The normalized spacial score (nSPS) is 18.4. The van der Waals surface area contributed by atoms with Crippen LogP contribution < -0.4 is 5.32 Å². The summed E-state index contributed by atoms with van der Waals surface area (Å²) in [7, 11) is 3.23. The number of ether oxygens (including phenoxy) is 1. The molecule has 5 nitrogen and oxygen atoms in total. The molecule has 5 heteroatoms. The Kier molecular flexibility index (Phi) is 5.08. The van der Waals surface area contributed by atoms with E-state index in [0.717, 1.165) is 38.4 Å². The van der Waals surface area contributed by atoms with E-state index in [2.05, 4.69) is 15.2 Å². The molecule has 92 valence electrons. The summed E-state index contributed by atoms with van der Waals surface area (Å²) >= 11 is 0. The molecule has 1 saturated heterocycles. The van der Waals surface area contributed by atoms with Gasteiger partial charge in [-0.2, -0.15) is 0 Å². The van der Waals surface area contributed by atoms with Gasteiger partial charge in [0.05, 0.1) is 13.0 Å². The molecule has 0 aliphatic carbocycles. The van der Waals surface area contributed by atoms with E-state index in [4.69, 9.17) is 4.74 Å². The van der Waals surface area contributed by atoms with Crippen molar-refractivity contribution < 1.29 is 9.53 Å². The van der Waals surface area contributed by atoms with Gasteiger partial charge >= 0.3 is 5.97 Å². The molecule has 0 atom stereocenters. The minimum absolute atomic E-state index is 0.0565. The molecule has 1 fully saturated rings. The number of aliphatic imine (C=N–C) groups is 1. The predicted molar refractivity (Wildman–Crippen MR) is 63.3 cm³/mol. The van der Waals surface area contributed by atoms with Crippen molar-refractivity contribution in [1.82, 2.24) is 10.2 Å².